The predicted octanol–water partition coefficient (Wildman–Crippen LogP) is 2.62. The summed E-state index contributed by atoms with van der Waals surface area (Å²) in [6, 6.07) is 6.00. The molecule has 0 amide bonds. The zero-order valence-electron chi connectivity index (χ0n) is 9.61. The summed E-state index contributed by atoms with van der Waals surface area (Å²) in [5, 5.41) is 0. The molecule has 17 heavy (non-hydrogen) atoms. The van der Waals surface area contributed by atoms with E-state index in [4.69, 9.17) is 4.74 Å². The first-order chi connectivity index (χ1) is 8.11. The lowest BCUT2D eigenvalue weighted by atomic mass is 10.1. The van der Waals surface area contributed by atoms with Gasteiger partial charge in [0.25, 0.3) is 0 Å². The largest absolute Gasteiger partial charge is 0.465 e. The molecular weight excluding hydrogens is 221 g/mol. The number of aryl methyl sites for hydroxylation is 1. The average molecular weight is 233 g/mol. The molecule has 0 N–H and O–H groups in total. The molecule has 2 rings (SSSR count). The van der Waals surface area contributed by atoms with Crippen LogP contribution in [0.1, 0.15) is 10.4 Å². The Labute approximate surface area is 98.4 Å². The molecule has 0 spiro atoms. The Kier molecular flexibility index (Phi) is 2.95. The van der Waals surface area contributed by atoms with Crippen LogP contribution in [0.3, 0.4) is 0 Å². The highest BCUT2D eigenvalue weighted by Crippen LogP contribution is 2.25. The highest BCUT2D eigenvalue weighted by atomic mass is 19.1. The van der Waals surface area contributed by atoms with Crippen molar-refractivity contribution in [2.45, 2.75) is 0 Å². The molecule has 1 heterocycles. The second kappa shape index (κ2) is 4.41. The number of hydrogen-bond acceptors (Lipinski definition) is 2. The van der Waals surface area contributed by atoms with Gasteiger partial charge in [-0.3, -0.25) is 0 Å². The first-order valence-electron chi connectivity index (χ1n) is 5.12. The molecule has 0 unspecified atom stereocenters. The Bertz CT molecular complexity index is 543. The monoisotopic (exact) mass is 233 g/mol. The Hall–Kier alpha value is -2.10. The van der Waals surface area contributed by atoms with Crippen LogP contribution in [0.4, 0.5) is 4.39 Å². The van der Waals surface area contributed by atoms with Crippen molar-refractivity contribution in [3.63, 3.8) is 0 Å². The van der Waals surface area contributed by atoms with Gasteiger partial charge in [0.05, 0.1) is 12.7 Å². The van der Waals surface area contributed by atoms with Crippen molar-refractivity contribution in [1.29, 1.82) is 0 Å². The zero-order chi connectivity index (χ0) is 12.4. The number of carbonyl (C=O) groups excluding carboxylic acids is 1. The number of hydrogen-bond donors (Lipinski definition) is 0. The molecule has 0 bridgehead atoms. The van der Waals surface area contributed by atoms with Gasteiger partial charge in [0.2, 0.25) is 0 Å². The minimum absolute atomic E-state index is 0.302. The van der Waals surface area contributed by atoms with E-state index >= 15 is 0 Å². The van der Waals surface area contributed by atoms with E-state index in [9.17, 15) is 9.18 Å². The quantitative estimate of drug-likeness (QED) is 0.746. The summed E-state index contributed by atoms with van der Waals surface area (Å²) in [5.41, 5.74) is 1.99. The van der Waals surface area contributed by atoms with Crippen molar-refractivity contribution < 1.29 is 13.9 Å². The van der Waals surface area contributed by atoms with Crippen LogP contribution in [0, 0.1) is 5.82 Å². The van der Waals surface area contributed by atoms with E-state index in [2.05, 4.69) is 0 Å². The third-order valence-electron chi connectivity index (χ3n) is 2.52. The van der Waals surface area contributed by atoms with Gasteiger partial charge in [-0.1, -0.05) is 12.1 Å². The average Bonchev–Trinajstić information content (AvgIpc) is 2.71. The van der Waals surface area contributed by atoms with Crippen LogP contribution in [0.25, 0.3) is 11.1 Å². The maximum atomic E-state index is 12.8. The fourth-order valence-corrected chi connectivity index (χ4v) is 1.72. The molecule has 0 atom stereocenters. The van der Waals surface area contributed by atoms with Gasteiger partial charge >= 0.3 is 5.97 Å². The zero-order valence-corrected chi connectivity index (χ0v) is 9.61. The van der Waals surface area contributed by atoms with E-state index in [-0.39, 0.29) is 5.82 Å². The number of ether oxygens (including phenoxy) is 1. The highest BCUT2D eigenvalue weighted by Gasteiger charge is 2.15. The molecule has 0 aliphatic carbocycles. The highest BCUT2D eigenvalue weighted by molar-refractivity contribution is 5.97. The lowest BCUT2D eigenvalue weighted by Gasteiger charge is -2.02. The Balaban J connectivity index is 2.51. The first kappa shape index (κ1) is 11.4. The van der Waals surface area contributed by atoms with E-state index in [1.165, 1.54) is 19.2 Å². The molecule has 0 saturated carbocycles. The predicted molar refractivity (Wildman–Crippen MR) is 62.1 cm³/mol. The summed E-state index contributed by atoms with van der Waals surface area (Å²) in [5.74, 6) is -0.700. The van der Waals surface area contributed by atoms with Crippen LogP contribution >= 0.6 is 0 Å². The van der Waals surface area contributed by atoms with Crippen LogP contribution in [0.15, 0.2) is 36.7 Å². The molecule has 2 aromatic rings. The molecule has 0 radical (unpaired) electrons. The number of benzene rings is 1. The van der Waals surface area contributed by atoms with Crippen LogP contribution in [-0.2, 0) is 11.8 Å². The summed E-state index contributed by atoms with van der Waals surface area (Å²) < 4.78 is 19.3. The van der Waals surface area contributed by atoms with E-state index in [0.29, 0.717) is 5.56 Å². The van der Waals surface area contributed by atoms with Crippen molar-refractivity contribution >= 4 is 5.97 Å². The van der Waals surface area contributed by atoms with Gasteiger partial charge in [-0.05, 0) is 17.7 Å². The minimum Gasteiger partial charge on any atom is -0.465 e. The SMILES string of the molecule is COC(=O)c1cn(C)cc1-c1ccc(F)cc1. The number of rotatable bonds is 2. The van der Waals surface area contributed by atoms with Crippen molar-refractivity contribution in [3.05, 3.63) is 48.0 Å². The summed E-state index contributed by atoms with van der Waals surface area (Å²) >= 11 is 0. The number of aromatic nitrogens is 1. The molecule has 0 aliphatic heterocycles. The van der Waals surface area contributed by atoms with Gasteiger partial charge in [0.1, 0.15) is 5.82 Å². The van der Waals surface area contributed by atoms with Gasteiger partial charge in [0.15, 0.2) is 0 Å². The van der Waals surface area contributed by atoms with Crippen LogP contribution in [-0.4, -0.2) is 17.6 Å². The van der Waals surface area contributed by atoms with Gasteiger partial charge in [-0.2, -0.15) is 0 Å². The number of esters is 1. The second-order valence-corrected chi connectivity index (χ2v) is 3.75. The van der Waals surface area contributed by atoms with Gasteiger partial charge < -0.3 is 9.30 Å². The summed E-state index contributed by atoms with van der Waals surface area (Å²) in [7, 11) is 3.16. The summed E-state index contributed by atoms with van der Waals surface area (Å²) in [6.07, 6.45) is 3.49. The fourth-order valence-electron chi connectivity index (χ4n) is 1.72. The van der Waals surface area contributed by atoms with E-state index in [1.807, 2.05) is 7.05 Å². The molecule has 3 nitrogen and oxygen atoms in total. The Morgan fingerprint density at radius 2 is 1.88 bits per heavy atom. The fraction of sp³-hybridized carbons (Fsp3) is 0.154. The van der Waals surface area contributed by atoms with Crippen LogP contribution in [0.2, 0.25) is 0 Å². The molecule has 1 aromatic carbocycles. The van der Waals surface area contributed by atoms with Crippen molar-refractivity contribution in [1.82, 2.24) is 4.57 Å². The van der Waals surface area contributed by atoms with E-state index in [1.54, 1.807) is 29.1 Å². The summed E-state index contributed by atoms with van der Waals surface area (Å²) in [6.45, 7) is 0. The maximum Gasteiger partial charge on any atom is 0.340 e. The normalized spacial score (nSPS) is 10.3. The lowest BCUT2D eigenvalue weighted by Crippen LogP contribution is -2.01. The molecule has 88 valence electrons. The van der Waals surface area contributed by atoms with E-state index < -0.39 is 5.97 Å². The number of carbonyl (C=O) groups is 1. The first-order valence-corrected chi connectivity index (χ1v) is 5.12. The molecular formula is C13H12FNO2. The third kappa shape index (κ3) is 2.20. The number of halogens is 1. The van der Waals surface area contributed by atoms with Gasteiger partial charge in [-0.25, -0.2) is 9.18 Å². The van der Waals surface area contributed by atoms with Gasteiger partial charge in [0, 0.05) is 25.0 Å². The number of nitrogens with zero attached hydrogens (tertiary/aromatic N) is 1. The van der Waals surface area contributed by atoms with Crippen LogP contribution in [0.5, 0.6) is 0 Å². The summed E-state index contributed by atoms with van der Waals surface area (Å²) in [4.78, 5) is 11.6. The lowest BCUT2D eigenvalue weighted by molar-refractivity contribution is 0.0601. The Morgan fingerprint density at radius 3 is 2.47 bits per heavy atom. The van der Waals surface area contributed by atoms with Crippen molar-refractivity contribution in [3.8, 4) is 11.1 Å². The number of methoxy groups -OCH3 is 1. The van der Waals surface area contributed by atoms with Crippen molar-refractivity contribution in [2.75, 3.05) is 7.11 Å². The van der Waals surface area contributed by atoms with E-state index in [0.717, 1.165) is 11.1 Å². The standard InChI is InChI=1S/C13H12FNO2/c1-15-7-11(12(8-15)13(16)17-2)9-3-5-10(14)6-4-9/h3-8H,1-2H3. The minimum atomic E-state index is -0.398. The van der Waals surface area contributed by atoms with Crippen molar-refractivity contribution in [2.24, 2.45) is 7.05 Å². The maximum absolute atomic E-state index is 12.8. The Morgan fingerprint density at radius 1 is 1.24 bits per heavy atom. The smallest absolute Gasteiger partial charge is 0.340 e. The third-order valence-corrected chi connectivity index (χ3v) is 2.52. The topological polar surface area (TPSA) is 31.2 Å². The molecule has 0 saturated heterocycles. The molecule has 4 heteroatoms. The van der Waals surface area contributed by atoms with Crippen LogP contribution < -0.4 is 0 Å². The van der Waals surface area contributed by atoms with Gasteiger partial charge in [-0.15, -0.1) is 0 Å². The molecule has 1 aromatic heterocycles. The molecule has 0 fully saturated rings. The second-order valence-electron chi connectivity index (χ2n) is 3.75. The molecule has 0 aliphatic rings.